The number of fused-ring (bicyclic) bond motifs is 2. The number of hydrogen-bond acceptors (Lipinski definition) is 7. The molecule has 1 fully saturated rings. The van der Waals surface area contributed by atoms with E-state index in [0.717, 1.165) is 22.0 Å². The molecule has 4 heterocycles. The highest BCUT2D eigenvalue weighted by Gasteiger charge is 2.34. The summed E-state index contributed by atoms with van der Waals surface area (Å²) in [6.45, 7) is 7.74. The van der Waals surface area contributed by atoms with Crippen molar-refractivity contribution in [1.82, 2.24) is 14.0 Å². The second-order valence-corrected chi connectivity index (χ2v) is 12.3. The Morgan fingerprint density at radius 2 is 1.86 bits per heavy atom. The molecule has 1 saturated heterocycles. The number of halogens is 1. The van der Waals surface area contributed by atoms with Crippen LogP contribution in [0.15, 0.2) is 75.8 Å². The summed E-state index contributed by atoms with van der Waals surface area (Å²) in [5.74, 6) is -0.493. The third-order valence-electron chi connectivity index (χ3n) is 7.55. The maximum Gasteiger partial charge on any atom is 0.338 e. The maximum absolute atomic E-state index is 14.1. The molecule has 6 rings (SSSR count). The fourth-order valence-corrected chi connectivity index (χ4v) is 6.70. The maximum atomic E-state index is 14.1. The molecule has 0 saturated carbocycles. The summed E-state index contributed by atoms with van der Waals surface area (Å²) in [6.07, 6.45) is 3.41. The van der Waals surface area contributed by atoms with E-state index in [9.17, 15) is 14.4 Å². The molecule has 11 heteroatoms. The second-order valence-electron chi connectivity index (χ2n) is 10.8. The first-order valence-corrected chi connectivity index (χ1v) is 15.3. The van der Waals surface area contributed by atoms with Gasteiger partial charge >= 0.3 is 5.97 Å². The largest absolute Gasteiger partial charge is 0.459 e. The Labute approximate surface area is 256 Å². The van der Waals surface area contributed by atoms with Gasteiger partial charge < -0.3 is 18.9 Å². The quantitative estimate of drug-likeness (QED) is 0.308. The zero-order chi connectivity index (χ0) is 30.2. The number of hydrogen-bond donors (Lipinski definition) is 0. The number of carbonyl (C=O) groups excluding carboxylic acids is 2. The number of thiazole rings is 1. The Morgan fingerprint density at radius 1 is 1.14 bits per heavy atom. The minimum atomic E-state index is -0.727. The molecule has 1 atom stereocenters. The number of para-hydroxylation sites is 1. The smallest absolute Gasteiger partial charge is 0.338 e. The van der Waals surface area contributed by atoms with E-state index in [1.54, 1.807) is 37.5 Å². The Balaban J connectivity index is 1.46. The minimum Gasteiger partial charge on any atom is -0.459 e. The average Bonchev–Trinajstić information content (AvgIpc) is 3.49. The number of benzene rings is 2. The first-order valence-electron chi connectivity index (χ1n) is 14.1. The number of morpholine rings is 1. The van der Waals surface area contributed by atoms with Crippen LogP contribution in [0.2, 0.25) is 5.02 Å². The van der Waals surface area contributed by atoms with Gasteiger partial charge in [-0.25, -0.2) is 9.79 Å². The van der Waals surface area contributed by atoms with E-state index in [1.165, 1.54) is 11.3 Å². The van der Waals surface area contributed by atoms with E-state index in [-0.39, 0.29) is 24.1 Å². The topological polar surface area (TPSA) is 95.1 Å². The number of amides is 1. The average molecular weight is 619 g/mol. The molecule has 0 bridgehead atoms. The molecule has 0 radical (unpaired) electrons. The molecule has 222 valence electrons. The molecule has 2 aliphatic rings. The number of nitrogens with zero attached hydrogens (tertiary/aromatic N) is 4. The van der Waals surface area contributed by atoms with Crippen LogP contribution in [-0.2, 0) is 25.6 Å². The lowest BCUT2D eigenvalue weighted by atomic mass is 9.96. The van der Waals surface area contributed by atoms with Crippen LogP contribution in [0, 0.1) is 0 Å². The number of aromatic nitrogens is 2. The molecular weight excluding hydrogens is 588 g/mol. The molecule has 0 unspecified atom stereocenters. The van der Waals surface area contributed by atoms with Crippen LogP contribution in [0.3, 0.4) is 0 Å². The van der Waals surface area contributed by atoms with Crippen molar-refractivity contribution in [3.8, 4) is 0 Å². The van der Waals surface area contributed by atoms with E-state index in [0.29, 0.717) is 51.9 Å². The molecule has 43 heavy (non-hydrogen) atoms. The van der Waals surface area contributed by atoms with Crippen molar-refractivity contribution in [3.63, 3.8) is 0 Å². The van der Waals surface area contributed by atoms with Gasteiger partial charge in [-0.1, -0.05) is 53.3 Å². The summed E-state index contributed by atoms with van der Waals surface area (Å²) in [5, 5.41) is 1.47. The van der Waals surface area contributed by atoms with E-state index in [2.05, 4.69) is 4.99 Å². The fourth-order valence-electron chi connectivity index (χ4n) is 5.54. The van der Waals surface area contributed by atoms with E-state index < -0.39 is 12.0 Å². The molecule has 2 aromatic carbocycles. The van der Waals surface area contributed by atoms with Crippen LogP contribution in [0.4, 0.5) is 0 Å². The van der Waals surface area contributed by atoms with Gasteiger partial charge in [-0.05, 0) is 50.6 Å². The predicted octanol–water partition coefficient (Wildman–Crippen LogP) is 3.65. The number of ether oxygens (including phenoxy) is 2. The van der Waals surface area contributed by atoms with E-state index >= 15 is 0 Å². The van der Waals surface area contributed by atoms with Crippen LogP contribution < -0.4 is 14.9 Å². The molecular formula is C32H31ClN4O5S. The number of rotatable bonds is 6. The zero-order valence-corrected chi connectivity index (χ0v) is 25.7. The predicted molar refractivity (Wildman–Crippen MR) is 166 cm³/mol. The van der Waals surface area contributed by atoms with E-state index in [4.69, 9.17) is 21.1 Å². The second kappa shape index (κ2) is 11.9. The van der Waals surface area contributed by atoms with Gasteiger partial charge in [0, 0.05) is 40.8 Å². The highest BCUT2D eigenvalue weighted by Crippen LogP contribution is 2.31. The number of esters is 1. The van der Waals surface area contributed by atoms with Crippen LogP contribution in [-0.4, -0.2) is 58.3 Å². The van der Waals surface area contributed by atoms with Crippen molar-refractivity contribution in [3.05, 3.63) is 102 Å². The molecule has 2 aliphatic heterocycles. The number of allylic oxidation sites excluding steroid dienone is 1. The SMILES string of the molecule is CC1=C(C(=O)OC(C)C)[C@H](c2ccc(Cl)cc2)n2c(s/c(=C/c3cn(CC(=O)N4CCOCC4)c4ccccc34)c2=O)=N1. The van der Waals surface area contributed by atoms with Crippen molar-refractivity contribution in [2.24, 2.45) is 4.99 Å². The lowest BCUT2D eigenvalue weighted by Gasteiger charge is -2.27. The van der Waals surface area contributed by atoms with Crippen molar-refractivity contribution < 1.29 is 19.1 Å². The Morgan fingerprint density at radius 3 is 2.58 bits per heavy atom. The van der Waals surface area contributed by atoms with Crippen LogP contribution in [0.1, 0.15) is 37.9 Å². The van der Waals surface area contributed by atoms with Gasteiger partial charge in [0.2, 0.25) is 5.91 Å². The van der Waals surface area contributed by atoms with Crippen molar-refractivity contribution in [2.45, 2.75) is 39.5 Å². The van der Waals surface area contributed by atoms with Gasteiger partial charge in [-0.15, -0.1) is 0 Å². The molecule has 9 nitrogen and oxygen atoms in total. The van der Waals surface area contributed by atoms with E-state index in [1.807, 2.05) is 58.1 Å². The normalized spacial score (nSPS) is 17.4. The monoisotopic (exact) mass is 618 g/mol. The summed E-state index contributed by atoms with van der Waals surface area (Å²) in [7, 11) is 0. The van der Waals surface area contributed by atoms with Crippen molar-refractivity contribution >= 4 is 51.8 Å². The first kappa shape index (κ1) is 29.1. The Kier molecular flexibility index (Phi) is 8.09. The van der Waals surface area contributed by atoms with Crippen LogP contribution in [0.5, 0.6) is 0 Å². The van der Waals surface area contributed by atoms with Crippen LogP contribution in [0.25, 0.3) is 17.0 Å². The van der Waals surface area contributed by atoms with Gasteiger partial charge in [0.05, 0.1) is 41.2 Å². The fraction of sp³-hybridized carbons (Fsp3) is 0.312. The molecule has 0 aliphatic carbocycles. The summed E-state index contributed by atoms with van der Waals surface area (Å²) >= 11 is 7.44. The van der Waals surface area contributed by atoms with Gasteiger partial charge in [-0.2, -0.15) is 0 Å². The lowest BCUT2D eigenvalue weighted by molar-refractivity contribution is -0.143. The van der Waals surface area contributed by atoms with Crippen molar-refractivity contribution in [1.29, 1.82) is 0 Å². The minimum absolute atomic E-state index is 0.0224. The molecule has 2 aromatic heterocycles. The Hall–Kier alpha value is -3.99. The van der Waals surface area contributed by atoms with Gasteiger partial charge in [0.1, 0.15) is 6.54 Å². The zero-order valence-electron chi connectivity index (χ0n) is 24.1. The summed E-state index contributed by atoms with van der Waals surface area (Å²) < 4.78 is 14.9. The van der Waals surface area contributed by atoms with Gasteiger partial charge in [-0.3, -0.25) is 14.2 Å². The highest BCUT2D eigenvalue weighted by molar-refractivity contribution is 7.07. The molecule has 1 amide bonds. The molecule has 0 spiro atoms. The third kappa shape index (κ3) is 5.70. The molecule has 0 N–H and O–H groups in total. The van der Waals surface area contributed by atoms with Crippen molar-refractivity contribution in [2.75, 3.05) is 26.3 Å². The standard InChI is InChI=1S/C32H31ClN4O5S/c1-19(2)42-31(40)28-20(3)34-32-37(29(28)21-8-10-23(33)11-9-21)30(39)26(43-32)16-22-17-36(25-7-5-4-6-24(22)25)18-27(38)35-12-14-41-15-13-35/h4-11,16-17,19,29H,12-15,18H2,1-3H3/b26-16+/t29-/m0/s1. The Bertz CT molecular complexity index is 1930. The first-order chi connectivity index (χ1) is 20.7. The molecule has 4 aromatic rings. The van der Waals surface area contributed by atoms with Crippen LogP contribution >= 0.6 is 22.9 Å². The highest BCUT2D eigenvalue weighted by atomic mass is 35.5. The summed E-state index contributed by atoms with van der Waals surface area (Å²) in [4.78, 5) is 47.5. The third-order valence-corrected chi connectivity index (χ3v) is 8.78. The summed E-state index contributed by atoms with van der Waals surface area (Å²) in [5.41, 5.74) is 2.97. The number of carbonyl (C=O) groups is 2. The van der Waals surface area contributed by atoms with Gasteiger partial charge in [0.15, 0.2) is 4.80 Å². The van der Waals surface area contributed by atoms with Gasteiger partial charge in [0.25, 0.3) is 5.56 Å². The lowest BCUT2D eigenvalue weighted by Crippen LogP contribution is -2.42. The summed E-state index contributed by atoms with van der Waals surface area (Å²) in [6, 6.07) is 14.2.